The van der Waals surface area contributed by atoms with Crippen molar-refractivity contribution in [3.05, 3.63) is 35.1 Å². The molecule has 1 atom stereocenters. The van der Waals surface area contributed by atoms with E-state index in [2.05, 4.69) is 6.92 Å². The molecule has 0 fully saturated rings. The number of aliphatic hydroxyl groups excluding tert-OH is 1. The summed E-state index contributed by atoms with van der Waals surface area (Å²) in [5.74, 6) is -0.224. The first kappa shape index (κ1) is 12.2. The fourth-order valence-corrected chi connectivity index (χ4v) is 1.66. The van der Waals surface area contributed by atoms with Gasteiger partial charge in [-0.2, -0.15) is 0 Å². The van der Waals surface area contributed by atoms with Crippen molar-refractivity contribution < 1.29 is 9.50 Å². The van der Waals surface area contributed by atoms with Gasteiger partial charge in [0, 0.05) is 0 Å². The normalized spacial score (nSPS) is 12.8. The first-order chi connectivity index (χ1) is 7.13. The summed E-state index contributed by atoms with van der Waals surface area (Å²) in [5, 5.41) is 9.73. The van der Waals surface area contributed by atoms with Crippen molar-refractivity contribution in [3.8, 4) is 0 Å². The molecule has 0 aliphatic rings. The maximum atomic E-state index is 13.0. The highest BCUT2D eigenvalue weighted by atomic mass is 19.1. The third-order valence-corrected chi connectivity index (χ3v) is 2.66. The molecule has 1 N–H and O–H groups in total. The second-order valence-electron chi connectivity index (χ2n) is 4.07. The summed E-state index contributed by atoms with van der Waals surface area (Å²) >= 11 is 0. The van der Waals surface area contributed by atoms with Crippen molar-refractivity contribution in [2.75, 3.05) is 0 Å². The highest BCUT2D eigenvalue weighted by molar-refractivity contribution is 5.27. The van der Waals surface area contributed by atoms with E-state index in [1.165, 1.54) is 12.1 Å². The fourth-order valence-electron chi connectivity index (χ4n) is 1.66. The third kappa shape index (κ3) is 4.00. The Morgan fingerprint density at radius 3 is 2.80 bits per heavy atom. The molecule has 0 aromatic heterocycles. The predicted molar refractivity (Wildman–Crippen MR) is 60.4 cm³/mol. The van der Waals surface area contributed by atoms with E-state index in [0.717, 1.165) is 30.4 Å². The van der Waals surface area contributed by atoms with Gasteiger partial charge in [0.2, 0.25) is 0 Å². The Kier molecular flexibility index (Phi) is 4.76. The lowest BCUT2D eigenvalue weighted by molar-refractivity contribution is 0.161. The van der Waals surface area contributed by atoms with Gasteiger partial charge < -0.3 is 5.11 Å². The first-order valence-corrected chi connectivity index (χ1v) is 5.56. The molecule has 1 unspecified atom stereocenters. The number of benzene rings is 1. The lowest BCUT2D eigenvalue weighted by Gasteiger charge is -2.12. The van der Waals surface area contributed by atoms with Crippen molar-refractivity contribution in [2.45, 2.75) is 45.6 Å². The Balaban J connectivity index is 2.59. The van der Waals surface area contributed by atoms with Gasteiger partial charge in [0.15, 0.2) is 0 Å². The zero-order valence-corrected chi connectivity index (χ0v) is 9.46. The lowest BCUT2D eigenvalue weighted by Crippen LogP contribution is -2.11. The van der Waals surface area contributed by atoms with E-state index in [1.807, 2.05) is 6.92 Å². The summed E-state index contributed by atoms with van der Waals surface area (Å²) in [6.45, 7) is 4.04. The smallest absolute Gasteiger partial charge is 0.123 e. The highest BCUT2D eigenvalue weighted by Crippen LogP contribution is 2.14. The fraction of sp³-hybridized carbons (Fsp3) is 0.538. The van der Waals surface area contributed by atoms with E-state index in [1.54, 1.807) is 6.07 Å². The van der Waals surface area contributed by atoms with Crippen LogP contribution in [-0.2, 0) is 6.42 Å². The third-order valence-electron chi connectivity index (χ3n) is 2.66. The van der Waals surface area contributed by atoms with Crippen LogP contribution in [0.5, 0.6) is 0 Å². The number of hydrogen-bond acceptors (Lipinski definition) is 1. The molecule has 0 saturated carbocycles. The highest BCUT2D eigenvalue weighted by Gasteiger charge is 2.07. The quantitative estimate of drug-likeness (QED) is 0.791. The molecule has 15 heavy (non-hydrogen) atoms. The Hall–Kier alpha value is -0.890. The lowest BCUT2D eigenvalue weighted by atomic mass is 9.99. The average molecular weight is 210 g/mol. The van der Waals surface area contributed by atoms with E-state index in [0.29, 0.717) is 6.42 Å². The Labute approximate surface area is 90.9 Å². The van der Waals surface area contributed by atoms with E-state index >= 15 is 0 Å². The van der Waals surface area contributed by atoms with Gasteiger partial charge in [0.1, 0.15) is 5.82 Å². The van der Waals surface area contributed by atoms with Crippen LogP contribution in [0.1, 0.15) is 37.3 Å². The monoisotopic (exact) mass is 210 g/mol. The molecular formula is C13H19FO. The van der Waals surface area contributed by atoms with Crippen molar-refractivity contribution in [2.24, 2.45) is 0 Å². The van der Waals surface area contributed by atoms with E-state index in [-0.39, 0.29) is 11.9 Å². The summed E-state index contributed by atoms with van der Waals surface area (Å²) in [7, 11) is 0. The Morgan fingerprint density at radius 1 is 1.40 bits per heavy atom. The molecule has 1 aromatic rings. The van der Waals surface area contributed by atoms with Crippen molar-refractivity contribution >= 4 is 0 Å². The summed E-state index contributed by atoms with van der Waals surface area (Å²) in [4.78, 5) is 0. The van der Waals surface area contributed by atoms with Crippen LogP contribution in [0, 0.1) is 12.7 Å². The van der Waals surface area contributed by atoms with Crippen LogP contribution in [0.3, 0.4) is 0 Å². The Bertz CT molecular complexity index is 309. The predicted octanol–water partition coefficient (Wildman–Crippen LogP) is 3.23. The summed E-state index contributed by atoms with van der Waals surface area (Å²) in [5.41, 5.74) is 1.96. The molecule has 1 rings (SSSR count). The van der Waals surface area contributed by atoms with Crippen LogP contribution in [0.15, 0.2) is 18.2 Å². The maximum Gasteiger partial charge on any atom is 0.123 e. The minimum absolute atomic E-state index is 0.224. The topological polar surface area (TPSA) is 20.2 Å². The number of unbranched alkanes of at least 4 members (excludes halogenated alkanes) is 1. The number of hydrogen-bond donors (Lipinski definition) is 1. The molecule has 0 radical (unpaired) electrons. The molecular weight excluding hydrogens is 191 g/mol. The number of rotatable bonds is 5. The van der Waals surface area contributed by atoms with E-state index in [4.69, 9.17) is 0 Å². The molecule has 0 saturated heterocycles. The average Bonchev–Trinajstić information content (AvgIpc) is 2.20. The SMILES string of the molecule is CCCCC(O)Cc1cc(F)ccc1C. The maximum absolute atomic E-state index is 13.0. The van der Waals surface area contributed by atoms with Crippen LogP contribution in [-0.4, -0.2) is 11.2 Å². The van der Waals surface area contributed by atoms with Gasteiger partial charge in [0.05, 0.1) is 6.10 Å². The van der Waals surface area contributed by atoms with E-state index in [9.17, 15) is 9.50 Å². The van der Waals surface area contributed by atoms with Gasteiger partial charge in [-0.05, 0) is 43.0 Å². The number of aliphatic hydroxyl groups is 1. The summed E-state index contributed by atoms with van der Waals surface area (Å²) < 4.78 is 13.0. The van der Waals surface area contributed by atoms with Gasteiger partial charge in [-0.15, -0.1) is 0 Å². The van der Waals surface area contributed by atoms with Gasteiger partial charge in [-0.1, -0.05) is 25.8 Å². The molecule has 0 spiro atoms. The van der Waals surface area contributed by atoms with Crippen molar-refractivity contribution in [3.63, 3.8) is 0 Å². The molecule has 1 nitrogen and oxygen atoms in total. The standard InChI is InChI=1S/C13H19FO/c1-3-4-5-13(15)9-11-8-12(14)7-6-10(11)2/h6-8,13,15H,3-5,9H2,1-2H3. The molecule has 2 heteroatoms. The summed E-state index contributed by atoms with van der Waals surface area (Å²) in [6, 6.07) is 4.74. The second kappa shape index (κ2) is 5.86. The molecule has 1 aromatic carbocycles. The zero-order chi connectivity index (χ0) is 11.3. The van der Waals surface area contributed by atoms with Gasteiger partial charge in [-0.3, -0.25) is 0 Å². The molecule has 0 bridgehead atoms. The molecule has 0 aliphatic carbocycles. The van der Waals surface area contributed by atoms with Gasteiger partial charge >= 0.3 is 0 Å². The number of aryl methyl sites for hydroxylation is 1. The molecule has 0 heterocycles. The molecule has 0 aliphatic heterocycles. The van der Waals surface area contributed by atoms with Gasteiger partial charge in [0.25, 0.3) is 0 Å². The van der Waals surface area contributed by atoms with Crippen LogP contribution < -0.4 is 0 Å². The van der Waals surface area contributed by atoms with Crippen molar-refractivity contribution in [1.82, 2.24) is 0 Å². The molecule has 0 amide bonds. The second-order valence-corrected chi connectivity index (χ2v) is 4.07. The van der Waals surface area contributed by atoms with Crippen molar-refractivity contribution in [1.29, 1.82) is 0 Å². The van der Waals surface area contributed by atoms with Crippen LogP contribution in [0.25, 0.3) is 0 Å². The zero-order valence-electron chi connectivity index (χ0n) is 9.46. The van der Waals surface area contributed by atoms with Crippen LogP contribution >= 0.6 is 0 Å². The van der Waals surface area contributed by atoms with E-state index < -0.39 is 0 Å². The molecule has 84 valence electrons. The van der Waals surface area contributed by atoms with Crippen LogP contribution in [0.4, 0.5) is 4.39 Å². The summed E-state index contributed by atoms with van der Waals surface area (Å²) in [6.07, 6.45) is 3.12. The van der Waals surface area contributed by atoms with Crippen LogP contribution in [0.2, 0.25) is 0 Å². The minimum atomic E-state index is -0.342. The van der Waals surface area contributed by atoms with Gasteiger partial charge in [-0.25, -0.2) is 4.39 Å². The number of halogens is 1. The largest absolute Gasteiger partial charge is 0.393 e. The first-order valence-electron chi connectivity index (χ1n) is 5.56. The Morgan fingerprint density at radius 2 is 2.13 bits per heavy atom. The minimum Gasteiger partial charge on any atom is -0.393 e.